The topological polar surface area (TPSA) is 84.8 Å². The SMILES string of the molecule is CC[C@H](OC)[C@@H](C)[C@H]1C[C@@](O)([C@@H](C)/C=C/C=C(\C)[C@H]2O[C@H](OC)[C@H](OC)[C@@H](OC)[C@@H]2OC)O1. The first kappa shape index (κ1) is 28.4. The number of methoxy groups -OCH3 is 5. The van der Waals surface area contributed by atoms with Crippen LogP contribution in [-0.4, -0.2) is 89.4 Å². The number of hydrogen-bond donors (Lipinski definition) is 1. The van der Waals surface area contributed by atoms with Crippen LogP contribution >= 0.6 is 0 Å². The maximum Gasteiger partial charge on any atom is 0.186 e. The molecule has 1 N–H and O–H groups in total. The Hall–Kier alpha value is -0.840. The molecule has 2 fully saturated rings. The van der Waals surface area contributed by atoms with E-state index < -0.39 is 18.2 Å². The lowest BCUT2D eigenvalue weighted by molar-refractivity contribution is -0.351. The summed E-state index contributed by atoms with van der Waals surface area (Å²) in [6.45, 7) is 8.13. The van der Waals surface area contributed by atoms with E-state index in [1.807, 2.05) is 32.1 Å². The molecule has 0 aromatic rings. The van der Waals surface area contributed by atoms with Crippen LogP contribution in [0.25, 0.3) is 0 Å². The fraction of sp³-hybridized carbons (Fsp3) is 0.840. The largest absolute Gasteiger partial charge is 0.381 e. The Kier molecular flexibility index (Phi) is 11.0. The number of hydrogen-bond acceptors (Lipinski definition) is 8. The molecule has 8 heteroatoms. The van der Waals surface area contributed by atoms with Gasteiger partial charge in [0.05, 0.1) is 12.2 Å². The third-order valence-corrected chi connectivity index (χ3v) is 7.19. The molecular formula is C25H44O8. The van der Waals surface area contributed by atoms with E-state index in [1.165, 1.54) is 0 Å². The summed E-state index contributed by atoms with van der Waals surface area (Å²) in [6.07, 6.45) is 5.39. The first-order chi connectivity index (χ1) is 15.7. The van der Waals surface area contributed by atoms with Crippen molar-refractivity contribution in [3.63, 3.8) is 0 Å². The van der Waals surface area contributed by atoms with Crippen LogP contribution in [0.5, 0.6) is 0 Å². The van der Waals surface area contributed by atoms with Gasteiger partial charge in [0, 0.05) is 53.8 Å². The van der Waals surface area contributed by atoms with Crippen molar-refractivity contribution in [2.45, 2.75) is 89.2 Å². The summed E-state index contributed by atoms with van der Waals surface area (Å²) in [4.78, 5) is 0. The zero-order valence-electron chi connectivity index (χ0n) is 21.6. The van der Waals surface area contributed by atoms with Crippen LogP contribution in [0.4, 0.5) is 0 Å². The molecule has 8 nitrogen and oxygen atoms in total. The van der Waals surface area contributed by atoms with E-state index in [0.717, 1.165) is 12.0 Å². The summed E-state index contributed by atoms with van der Waals surface area (Å²) in [5.41, 5.74) is 0.947. The molecule has 33 heavy (non-hydrogen) atoms. The summed E-state index contributed by atoms with van der Waals surface area (Å²) < 4.78 is 40.0. The quantitative estimate of drug-likeness (QED) is 0.434. The van der Waals surface area contributed by atoms with Crippen LogP contribution in [0.15, 0.2) is 23.8 Å². The van der Waals surface area contributed by atoms with E-state index >= 15 is 0 Å². The van der Waals surface area contributed by atoms with Crippen LogP contribution in [0.2, 0.25) is 0 Å². The molecule has 192 valence electrons. The summed E-state index contributed by atoms with van der Waals surface area (Å²) in [5, 5.41) is 10.9. The second-order valence-electron chi connectivity index (χ2n) is 9.09. The molecule has 0 saturated carbocycles. The lowest BCUT2D eigenvalue weighted by Crippen LogP contribution is -2.60. The van der Waals surface area contributed by atoms with Crippen molar-refractivity contribution in [1.82, 2.24) is 0 Å². The van der Waals surface area contributed by atoms with Crippen LogP contribution in [0, 0.1) is 11.8 Å². The van der Waals surface area contributed by atoms with Gasteiger partial charge in [-0.15, -0.1) is 0 Å². The van der Waals surface area contributed by atoms with Crippen molar-refractivity contribution >= 4 is 0 Å². The number of rotatable bonds is 12. The van der Waals surface area contributed by atoms with Crippen LogP contribution < -0.4 is 0 Å². The van der Waals surface area contributed by atoms with Gasteiger partial charge in [0.25, 0.3) is 0 Å². The van der Waals surface area contributed by atoms with Gasteiger partial charge in [-0.2, -0.15) is 0 Å². The summed E-state index contributed by atoms with van der Waals surface area (Å²) in [5.74, 6) is -1.10. The van der Waals surface area contributed by atoms with Crippen LogP contribution in [-0.2, 0) is 33.2 Å². The Morgan fingerprint density at radius 3 is 2.12 bits per heavy atom. The molecule has 2 saturated heterocycles. The van der Waals surface area contributed by atoms with Gasteiger partial charge in [-0.25, -0.2) is 0 Å². The molecule has 2 rings (SSSR count). The standard InChI is InChI=1S/C25H44O8/c1-10-18(27-5)17(4)19-14-25(26,33-19)16(3)13-11-12-15(2)20-21(28-6)22(29-7)23(30-8)24(31-9)32-20/h11-13,16-24,26H,10,14H2,1-9H3/b13-11+,15-12+/t16-,17+,18-,19+,20+,21+,22-,23+,24-,25-/m0/s1. The highest BCUT2D eigenvalue weighted by molar-refractivity contribution is 5.19. The van der Waals surface area contributed by atoms with Gasteiger partial charge in [0.15, 0.2) is 12.1 Å². The molecule has 0 radical (unpaired) electrons. The molecule has 2 aliphatic heterocycles. The van der Waals surface area contributed by atoms with E-state index in [4.69, 9.17) is 33.2 Å². The fourth-order valence-electron chi connectivity index (χ4n) is 4.88. The number of ether oxygens (including phenoxy) is 7. The van der Waals surface area contributed by atoms with Gasteiger partial charge < -0.3 is 38.3 Å². The first-order valence-corrected chi connectivity index (χ1v) is 11.8. The molecule has 0 amide bonds. The second kappa shape index (κ2) is 12.7. The minimum absolute atomic E-state index is 0.00295. The van der Waals surface area contributed by atoms with Gasteiger partial charge >= 0.3 is 0 Å². The Bertz CT molecular complexity index is 640. The lowest BCUT2D eigenvalue weighted by atomic mass is 9.81. The average Bonchev–Trinajstić information content (AvgIpc) is 2.80. The Balaban J connectivity index is 2.03. The molecule has 0 bridgehead atoms. The fourth-order valence-corrected chi connectivity index (χ4v) is 4.88. The van der Waals surface area contributed by atoms with E-state index in [1.54, 1.807) is 35.5 Å². The molecule has 0 aliphatic carbocycles. The third-order valence-electron chi connectivity index (χ3n) is 7.19. The maximum absolute atomic E-state index is 10.9. The molecular weight excluding hydrogens is 428 g/mol. The minimum Gasteiger partial charge on any atom is -0.381 e. The Morgan fingerprint density at radius 2 is 1.64 bits per heavy atom. The minimum atomic E-state index is -1.16. The van der Waals surface area contributed by atoms with Crippen molar-refractivity contribution in [2.75, 3.05) is 35.5 Å². The first-order valence-electron chi connectivity index (χ1n) is 11.8. The Labute approximate surface area is 199 Å². The van der Waals surface area contributed by atoms with E-state index in [9.17, 15) is 5.11 Å². The molecule has 0 unspecified atom stereocenters. The number of allylic oxidation sites excluding steroid dienone is 2. The lowest BCUT2D eigenvalue weighted by Gasteiger charge is -2.50. The van der Waals surface area contributed by atoms with Crippen molar-refractivity contribution in [3.05, 3.63) is 23.8 Å². The van der Waals surface area contributed by atoms with Gasteiger partial charge in [-0.05, 0) is 18.9 Å². The summed E-state index contributed by atoms with van der Waals surface area (Å²) >= 11 is 0. The Morgan fingerprint density at radius 1 is 1.03 bits per heavy atom. The highest BCUT2D eigenvalue weighted by atomic mass is 16.7. The summed E-state index contributed by atoms with van der Waals surface area (Å²) in [7, 11) is 8.16. The number of aliphatic hydroxyl groups is 1. The van der Waals surface area contributed by atoms with Gasteiger partial charge in [-0.3, -0.25) is 0 Å². The normalized spacial score (nSPS) is 38.2. The van der Waals surface area contributed by atoms with Crippen molar-refractivity contribution < 1.29 is 38.3 Å². The predicted octanol–water partition coefficient (Wildman–Crippen LogP) is 3.08. The molecule has 0 aromatic heterocycles. The van der Waals surface area contributed by atoms with Crippen molar-refractivity contribution in [2.24, 2.45) is 11.8 Å². The maximum atomic E-state index is 10.9. The van der Waals surface area contributed by atoms with Gasteiger partial charge in [-0.1, -0.05) is 39.0 Å². The van der Waals surface area contributed by atoms with Gasteiger partial charge in [0.2, 0.25) is 0 Å². The monoisotopic (exact) mass is 472 g/mol. The van der Waals surface area contributed by atoms with Gasteiger partial charge in [0.1, 0.15) is 24.4 Å². The molecule has 2 heterocycles. The van der Waals surface area contributed by atoms with Crippen LogP contribution in [0.1, 0.15) is 40.5 Å². The van der Waals surface area contributed by atoms with Crippen molar-refractivity contribution in [3.8, 4) is 0 Å². The second-order valence-corrected chi connectivity index (χ2v) is 9.09. The van der Waals surface area contributed by atoms with Crippen LogP contribution in [0.3, 0.4) is 0 Å². The van der Waals surface area contributed by atoms with E-state index in [0.29, 0.717) is 6.42 Å². The summed E-state index contributed by atoms with van der Waals surface area (Å²) in [6, 6.07) is 0. The molecule has 2 aliphatic rings. The zero-order chi connectivity index (χ0) is 24.8. The molecule has 0 aromatic carbocycles. The van der Waals surface area contributed by atoms with E-state index in [-0.39, 0.29) is 42.4 Å². The molecule has 10 atom stereocenters. The zero-order valence-corrected chi connectivity index (χ0v) is 21.6. The third kappa shape index (κ3) is 6.24. The smallest absolute Gasteiger partial charge is 0.186 e. The highest BCUT2D eigenvalue weighted by Gasteiger charge is 2.50. The highest BCUT2D eigenvalue weighted by Crippen LogP contribution is 2.42. The van der Waals surface area contributed by atoms with Crippen molar-refractivity contribution in [1.29, 1.82) is 0 Å². The van der Waals surface area contributed by atoms with E-state index in [2.05, 4.69) is 13.8 Å². The predicted molar refractivity (Wildman–Crippen MR) is 125 cm³/mol. The molecule has 0 spiro atoms. The average molecular weight is 473 g/mol.